The van der Waals surface area contributed by atoms with Crippen LogP contribution in [-0.4, -0.2) is 23.5 Å². The zero-order chi connectivity index (χ0) is 16.1. The Bertz CT molecular complexity index is 664. The number of nitrogens with zero attached hydrogens (tertiary/aromatic N) is 1. The van der Waals surface area contributed by atoms with Crippen LogP contribution in [0.1, 0.15) is 19.0 Å². The predicted octanol–water partition coefficient (Wildman–Crippen LogP) is 4.36. The van der Waals surface area contributed by atoms with Crippen LogP contribution in [0, 0.1) is 0 Å². The topological polar surface area (TPSA) is 68.0 Å². The molecule has 4 nitrogen and oxygen atoms in total. The van der Waals surface area contributed by atoms with Gasteiger partial charge in [-0.15, -0.1) is 36.2 Å². The van der Waals surface area contributed by atoms with E-state index in [9.17, 15) is 4.79 Å². The maximum Gasteiger partial charge on any atom is 0.226 e. The van der Waals surface area contributed by atoms with Gasteiger partial charge in [0.2, 0.25) is 5.91 Å². The number of hydrogen-bond acceptors (Lipinski definition) is 4. The van der Waals surface area contributed by atoms with Crippen molar-refractivity contribution in [1.29, 1.82) is 0 Å². The van der Waals surface area contributed by atoms with Crippen molar-refractivity contribution in [3.63, 3.8) is 0 Å². The quantitative estimate of drug-likeness (QED) is 0.715. The van der Waals surface area contributed by atoms with E-state index in [4.69, 9.17) is 28.9 Å². The van der Waals surface area contributed by atoms with Crippen molar-refractivity contribution in [3.8, 4) is 10.6 Å². The first-order chi connectivity index (χ1) is 10.5. The van der Waals surface area contributed by atoms with Crippen molar-refractivity contribution in [2.45, 2.75) is 25.8 Å². The molecule has 3 N–H and O–H groups in total. The lowest BCUT2D eigenvalue weighted by atomic mass is 10.2. The van der Waals surface area contributed by atoms with Crippen LogP contribution in [0.2, 0.25) is 10.0 Å². The molecule has 0 aliphatic rings. The van der Waals surface area contributed by atoms with Gasteiger partial charge in [-0.3, -0.25) is 4.79 Å². The Kier molecular flexibility index (Phi) is 10.9. The number of nitrogens with two attached hydrogens (primary N) is 1. The molecule has 0 saturated heterocycles. The van der Waals surface area contributed by atoms with Gasteiger partial charge in [-0.05, 0) is 31.5 Å². The van der Waals surface area contributed by atoms with Gasteiger partial charge in [0.1, 0.15) is 5.01 Å². The Morgan fingerprint density at radius 2 is 2.08 bits per heavy atom. The van der Waals surface area contributed by atoms with Crippen LogP contribution in [0.5, 0.6) is 0 Å². The SMILES string of the molecule is CC(N)CCNC(=O)Cc1csc(-c2ccc(Cl)cc2Cl)n1.Cl.Cl. The third-order valence-electron chi connectivity index (χ3n) is 2.98. The zero-order valence-corrected chi connectivity index (χ0v) is 16.9. The summed E-state index contributed by atoms with van der Waals surface area (Å²) in [5.41, 5.74) is 7.19. The molecule has 2 aromatic rings. The largest absolute Gasteiger partial charge is 0.356 e. The lowest BCUT2D eigenvalue weighted by Gasteiger charge is -2.06. The Hall–Kier alpha value is -0.560. The summed E-state index contributed by atoms with van der Waals surface area (Å²) in [6.45, 7) is 2.49. The molecule has 9 heteroatoms. The molecule has 24 heavy (non-hydrogen) atoms. The fourth-order valence-corrected chi connectivity index (χ4v) is 3.25. The third kappa shape index (κ3) is 7.13. The number of benzene rings is 1. The molecule has 1 heterocycles. The third-order valence-corrected chi connectivity index (χ3v) is 4.45. The molecule has 134 valence electrons. The van der Waals surface area contributed by atoms with Crippen LogP contribution in [0.15, 0.2) is 23.6 Å². The maximum absolute atomic E-state index is 11.8. The summed E-state index contributed by atoms with van der Waals surface area (Å²) in [4.78, 5) is 16.3. The molecular formula is C15H19Cl4N3OS. The minimum absolute atomic E-state index is 0. The molecule has 1 aromatic heterocycles. The number of carbonyl (C=O) groups excluding carboxylic acids is 1. The fourth-order valence-electron chi connectivity index (χ4n) is 1.84. The summed E-state index contributed by atoms with van der Waals surface area (Å²) in [5, 5.41) is 6.61. The van der Waals surface area contributed by atoms with E-state index in [2.05, 4.69) is 10.3 Å². The number of carbonyl (C=O) groups is 1. The van der Waals surface area contributed by atoms with Gasteiger partial charge >= 0.3 is 0 Å². The second kappa shape index (κ2) is 11.1. The number of hydrogen-bond donors (Lipinski definition) is 2. The van der Waals surface area contributed by atoms with Gasteiger partial charge in [0.15, 0.2) is 0 Å². The molecule has 1 atom stereocenters. The van der Waals surface area contributed by atoms with Gasteiger partial charge in [0.25, 0.3) is 0 Å². The van der Waals surface area contributed by atoms with E-state index in [-0.39, 0.29) is 43.2 Å². The Balaban J connectivity index is 0.00000264. The highest BCUT2D eigenvalue weighted by atomic mass is 35.5. The van der Waals surface area contributed by atoms with Gasteiger partial charge in [0, 0.05) is 28.6 Å². The first kappa shape index (κ1) is 23.4. The molecule has 0 saturated carbocycles. The van der Waals surface area contributed by atoms with E-state index in [1.54, 1.807) is 12.1 Å². The summed E-state index contributed by atoms with van der Waals surface area (Å²) < 4.78 is 0. The summed E-state index contributed by atoms with van der Waals surface area (Å²) in [6, 6.07) is 5.36. The fraction of sp³-hybridized carbons (Fsp3) is 0.333. The van der Waals surface area contributed by atoms with Crippen LogP contribution in [0.3, 0.4) is 0 Å². The highest BCUT2D eigenvalue weighted by Gasteiger charge is 2.11. The average Bonchev–Trinajstić information content (AvgIpc) is 2.86. The van der Waals surface area contributed by atoms with E-state index < -0.39 is 0 Å². The summed E-state index contributed by atoms with van der Waals surface area (Å²) in [7, 11) is 0. The van der Waals surface area contributed by atoms with E-state index in [0.717, 1.165) is 22.7 Å². The number of thiazole rings is 1. The van der Waals surface area contributed by atoms with Crippen LogP contribution in [0.4, 0.5) is 0 Å². The Morgan fingerprint density at radius 1 is 1.38 bits per heavy atom. The van der Waals surface area contributed by atoms with Crippen molar-refractivity contribution >= 4 is 65.3 Å². The van der Waals surface area contributed by atoms with Crippen molar-refractivity contribution < 1.29 is 4.79 Å². The molecule has 1 amide bonds. The van der Waals surface area contributed by atoms with E-state index in [1.165, 1.54) is 11.3 Å². The monoisotopic (exact) mass is 429 g/mol. The van der Waals surface area contributed by atoms with Crippen LogP contribution in [-0.2, 0) is 11.2 Å². The molecule has 2 rings (SSSR count). The molecule has 0 aliphatic carbocycles. The standard InChI is InChI=1S/C15H17Cl2N3OS.2ClH/c1-9(18)4-5-19-14(21)7-11-8-22-15(20-11)12-3-2-10(16)6-13(12)17;;/h2-3,6,8-9H,4-5,7,18H2,1H3,(H,19,21);2*1H. The van der Waals surface area contributed by atoms with Gasteiger partial charge in [-0.2, -0.15) is 0 Å². The lowest BCUT2D eigenvalue weighted by molar-refractivity contribution is -0.120. The summed E-state index contributed by atoms with van der Waals surface area (Å²) in [6.07, 6.45) is 1.01. The number of amides is 1. The molecule has 0 fully saturated rings. The minimum atomic E-state index is -0.0558. The first-order valence-corrected chi connectivity index (χ1v) is 8.51. The molecule has 0 bridgehead atoms. The van der Waals surface area contributed by atoms with Crippen molar-refractivity contribution in [3.05, 3.63) is 39.3 Å². The molecule has 0 aliphatic heterocycles. The average molecular weight is 431 g/mol. The highest BCUT2D eigenvalue weighted by molar-refractivity contribution is 7.13. The van der Waals surface area contributed by atoms with Crippen molar-refractivity contribution in [2.24, 2.45) is 5.73 Å². The van der Waals surface area contributed by atoms with Gasteiger partial charge < -0.3 is 11.1 Å². The number of halogens is 4. The number of nitrogens with one attached hydrogen (secondary N) is 1. The smallest absolute Gasteiger partial charge is 0.226 e. The second-order valence-corrected chi connectivity index (χ2v) is 6.76. The summed E-state index contributed by atoms with van der Waals surface area (Å²) >= 11 is 13.5. The Labute approximate surface area is 168 Å². The molecular weight excluding hydrogens is 412 g/mol. The highest BCUT2D eigenvalue weighted by Crippen LogP contribution is 2.32. The van der Waals surface area contributed by atoms with Crippen molar-refractivity contribution in [1.82, 2.24) is 10.3 Å². The lowest BCUT2D eigenvalue weighted by Crippen LogP contribution is -2.30. The maximum atomic E-state index is 11.8. The van der Waals surface area contributed by atoms with E-state index in [1.807, 2.05) is 18.4 Å². The van der Waals surface area contributed by atoms with Crippen LogP contribution < -0.4 is 11.1 Å². The second-order valence-electron chi connectivity index (χ2n) is 5.06. The van der Waals surface area contributed by atoms with E-state index in [0.29, 0.717) is 16.6 Å². The van der Waals surface area contributed by atoms with Gasteiger partial charge in [0.05, 0.1) is 17.1 Å². The zero-order valence-electron chi connectivity index (χ0n) is 12.9. The number of aromatic nitrogens is 1. The number of rotatable bonds is 6. The van der Waals surface area contributed by atoms with Crippen molar-refractivity contribution in [2.75, 3.05) is 6.54 Å². The molecule has 1 unspecified atom stereocenters. The van der Waals surface area contributed by atoms with Gasteiger partial charge in [-0.1, -0.05) is 23.2 Å². The van der Waals surface area contributed by atoms with Crippen LogP contribution >= 0.6 is 59.4 Å². The normalized spacial score (nSPS) is 11.2. The van der Waals surface area contributed by atoms with Crippen LogP contribution in [0.25, 0.3) is 10.6 Å². The molecule has 1 aromatic carbocycles. The Morgan fingerprint density at radius 3 is 2.71 bits per heavy atom. The predicted molar refractivity (Wildman–Crippen MR) is 107 cm³/mol. The van der Waals surface area contributed by atoms with E-state index >= 15 is 0 Å². The first-order valence-electron chi connectivity index (χ1n) is 6.88. The molecule has 0 spiro atoms. The summed E-state index contributed by atoms with van der Waals surface area (Å²) in [5.74, 6) is -0.0558. The minimum Gasteiger partial charge on any atom is -0.356 e. The van der Waals surface area contributed by atoms with Gasteiger partial charge in [-0.25, -0.2) is 4.98 Å². The molecule has 0 radical (unpaired) electrons.